The predicted octanol–water partition coefficient (Wildman–Crippen LogP) is 4.05. The Morgan fingerprint density at radius 3 is 2.67 bits per heavy atom. The van der Waals surface area contributed by atoms with E-state index in [9.17, 15) is 15.0 Å². The van der Waals surface area contributed by atoms with E-state index in [0.29, 0.717) is 24.7 Å². The van der Waals surface area contributed by atoms with Crippen molar-refractivity contribution in [2.75, 3.05) is 14.1 Å². The Labute approximate surface area is 181 Å². The monoisotopic (exact) mass is 411 g/mol. The molecular formula is C26H37NO3. The Balaban J connectivity index is 1.47. The van der Waals surface area contributed by atoms with Gasteiger partial charge in [0.15, 0.2) is 0 Å². The summed E-state index contributed by atoms with van der Waals surface area (Å²) < 4.78 is 0. The number of aliphatic hydroxyl groups excluding tert-OH is 2. The quantitative estimate of drug-likeness (QED) is 0.476. The average molecular weight is 412 g/mol. The predicted molar refractivity (Wildman–Crippen MR) is 121 cm³/mol. The van der Waals surface area contributed by atoms with Crippen LogP contribution < -0.4 is 0 Å². The molecule has 0 heterocycles. The van der Waals surface area contributed by atoms with Crippen molar-refractivity contribution in [3.05, 3.63) is 59.2 Å². The molecule has 1 saturated carbocycles. The van der Waals surface area contributed by atoms with Crippen molar-refractivity contribution in [2.45, 2.75) is 64.1 Å². The van der Waals surface area contributed by atoms with Gasteiger partial charge in [-0.2, -0.15) is 0 Å². The van der Waals surface area contributed by atoms with Crippen LogP contribution in [0.3, 0.4) is 0 Å². The zero-order valence-corrected chi connectivity index (χ0v) is 18.6. The second kappa shape index (κ2) is 10.4. The molecule has 1 amide bonds. The van der Waals surface area contributed by atoms with Gasteiger partial charge in [-0.15, -0.1) is 0 Å². The number of unbranched alkanes of at least 4 members (excludes halogenated alkanes) is 1. The van der Waals surface area contributed by atoms with Crippen molar-refractivity contribution in [2.24, 2.45) is 17.8 Å². The molecule has 3 rings (SSSR count). The number of fused-ring (bicyclic) bond motifs is 1. The third-order valence-corrected chi connectivity index (χ3v) is 6.71. The molecule has 30 heavy (non-hydrogen) atoms. The van der Waals surface area contributed by atoms with Crippen molar-refractivity contribution in [1.82, 2.24) is 4.90 Å². The Kier molecular flexibility index (Phi) is 7.90. The standard InChI is InChI=1S/C26H37NO3/c1-18-8-10-19(11-9-18)15-22(28)12-13-23-24-16-20(14-21(24)17-25(23)29)6-4-5-7-26(30)27(2)3/h8-14,21-25,28-29H,4-7,15-17H2,1-3H3/b13-12+/t21-,22-,23+,24-,25+/m0/s1. The molecule has 0 unspecified atom stereocenters. The molecule has 0 aliphatic heterocycles. The maximum absolute atomic E-state index is 11.7. The molecule has 1 aromatic rings. The zero-order chi connectivity index (χ0) is 21.7. The van der Waals surface area contributed by atoms with Crippen LogP contribution in [0.4, 0.5) is 0 Å². The van der Waals surface area contributed by atoms with Crippen LogP contribution in [-0.2, 0) is 11.2 Å². The lowest BCUT2D eigenvalue weighted by Crippen LogP contribution is -2.21. The van der Waals surface area contributed by atoms with Crippen LogP contribution in [0.15, 0.2) is 48.1 Å². The van der Waals surface area contributed by atoms with Crippen LogP contribution in [0.5, 0.6) is 0 Å². The Hall–Kier alpha value is -1.91. The third-order valence-electron chi connectivity index (χ3n) is 6.71. The second-order valence-electron chi connectivity index (χ2n) is 9.37. The Bertz CT molecular complexity index is 765. The van der Waals surface area contributed by atoms with Crippen LogP contribution in [-0.4, -0.2) is 47.3 Å². The number of aryl methyl sites for hydroxylation is 1. The summed E-state index contributed by atoms with van der Waals surface area (Å²) in [7, 11) is 3.61. The summed E-state index contributed by atoms with van der Waals surface area (Å²) in [4.78, 5) is 13.3. The maximum Gasteiger partial charge on any atom is 0.222 e. The highest BCUT2D eigenvalue weighted by Gasteiger charge is 2.43. The second-order valence-corrected chi connectivity index (χ2v) is 9.37. The fraction of sp³-hybridized carbons (Fsp3) is 0.577. The molecule has 4 nitrogen and oxygen atoms in total. The SMILES string of the molecule is Cc1ccc(C[C@@H](O)/C=C/[C@@H]2[C@H]3CC(CCCCC(=O)N(C)C)=C[C@H]3C[C@H]2O)cc1. The lowest BCUT2D eigenvalue weighted by atomic mass is 9.88. The van der Waals surface area contributed by atoms with Gasteiger partial charge in [-0.05, 0) is 56.4 Å². The summed E-state index contributed by atoms with van der Waals surface area (Å²) in [5.41, 5.74) is 3.82. The van der Waals surface area contributed by atoms with Crippen LogP contribution in [0.25, 0.3) is 0 Å². The summed E-state index contributed by atoms with van der Waals surface area (Å²) >= 11 is 0. The highest BCUT2D eigenvalue weighted by atomic mass is 16.3. The van der Waals surface area contributed by atoms with Gasteiger partial charge in [0.1, 0.15) is 0 Å². The fourth-order valence-electron chi connectivity index (χ4n) is 4.93. The topological polar surface area (TPSA) is 60.8 Å². The van der Waals surface area contributed by atoms with Gasteiger partial charge in [-0.3, -0.25) is 4.79 Å². The van der Waals surface area contributed by atoms with E-state index in [0.717, 1.165) is 37.7 Å². The molecule has 2 aliphatic carbocycles. The molecular weight excluding hydrogens is 374 g/mol. The maximum atomic E-state index is 11.7. The van der Waals surface area contributed by atoms with Crippen LogP contribution in [0, 0.1) is 24.7 Å². The molecule has 1 fully saturated rings. The van der Waals surface area contributed by atoms with Crippen molar-refractivity contribution in [3.8, 4) is 0 Å². The molecule has 2 aliphatic rings. The highest BCUT2D eigenvalue weighted by Crippen LogP contribution is 2.48. The summed E-state index contributed by atoms with van der Waals surface area (Å²) in [6.45, 7) is 2.06. The number of hydrogen-bond acceptors (Lipinski definition) is 3. The van der Waals surface area contributed by atoms with E-state index in [1.165, 1.54) is 11.1 Å². The molecule has 164 valence electrons. The zero-order valence-electron chi connectivity index (χ0n) is 18.6. The summed E-state index contributed by atoms with van der Waals surface area (Å²) in [6, 6.07) is 8.26. The molecule has 4 heteroatoms. The van der Waals surface area contributed by atoms with Crippen LogP contribution in [0.1, 0.15) is 49.7 Å². The largest absolute Gasteiger partial charge is 0.392 e. The van der Waals surface area contributed by atoms with Gasteiger partial charge in [0.05, 0.1) is 12.2 Å². The molecule has 0 bridgehead atoms. The van der Waals surface area contributed by atoms with Crippen LogP contribution in [0.2, 0.25) is 0 Å². The first-order valence-electron chi connectivity index (χ1n) is 11.3. The van der Waals surface area contributed by atoms with Crippen molar-refractivity contribution in [1.29, 1.82) is 0 Å². The molecule has 0 aromatic heterocycles. The number of benzene rings is 1. The number of aliphatic hydroxyl groups is 2. The van der Waals surface area contributed by atoms with Crippen molar-refractivity contribution < 1.29 is 15.0 Å². The van der Waals surface area contributed by atoms with E-state index >= 15 is 0 Å². The highest BCUT2D eigenvalue weighted by molar-refractivity contribution is 5.75. The van der Waals surface area contributed by atoms with E-state index in [-0.39, 0.29) is 17.9 Å². The summed E-state index contributed by atoms with van der Waals surface area (Å²) in [6.07, 6.45) is 11.6. The minimum absolute atomic E-state index is 0.117. The molecule has 0 saturated heterocycles. The number of amides is 1. The van der Waals surface area contributed by atoms with Crippen molar-refractivity contribution in [3.63, 3.8) is 0 Å². The number of rotatable bonds is 9. The Morgan fingerprint density at radius 2 is 1.97 bits per heavy atom. The first kappa shape index (κ1) is 22.8. The van der Waals surface area contributed by atoms with E-state index in [2.05, 4.69) is 43.3 Å². The van der Waals surface area contributed by atoms with E-state index in [1.807, 2.05) is 6.08 Å². The first-order valence-corrected chi connectivity index (χ1v) is 11.3. The molecule has 1 aromatic carbocycles. The first-order chi connectivity index (χ1) is 14.3. The Morgan fingerprint density at radius 1 is 1.23 bits per heavy atom. The minimum atomic E-state index is -0.526. The van der Waals surface area contributed by atoms with Gasteiger partial charge in [-0.25, -0.2) is 0 Å². The van der Waals surface area contributed by atoms with Crippen LogP contribution >= 0.6 is 0 Å². The minimum Gasteiger partial charge on any atom is -0.392 e. The number of carbonyl (C=O) groups is 1. The van der Waals surface area contributed by atoms with Gasteiger partial charge in [-0.1, -0.05) is 53.6 Å². The van der Waals surface area contributed by atoms with Gasteiger partial charge in [0.2, 0.25) is 5.91 Å². The van der Waals surface area contributed by atoms with E-state index in [1.54, 1.807) is 19.0 Å². The number of carbonyl (C=O) groups excluding carboxylic acids is 1. The number of hydrogen-bond donors (Lipinski definition) is 2. The van der Waals surface area contributed by atoms with E-state index in [4.69, 9.17) is 0 Å². The number of allylic oxidation sites excluding steroid dienone is 2. The van der Waals surface area contributed by atoms with Gasteiger partial charge in [0, 0.05) is 32.9 Å². The van der Waals surface area contributed by atoms with Crippen molar-refractivity contribution >= 4 is 5.91 Å². The average Bonchev–Trinajstić information content (AvgIpc) is 3.21. The van der Waals surface area contributed by atoms with Gasteiger partial charge >= 0.3 is 0 Å². The molecule has 5 atom stereocenters. The van der Waals surface area contributed by atoms with Gasteiger partial charge in [0.25, 0.3) is 0 Å². The summed E-state index contributed by atoms with van der Waals surface area (Å²) in [5, 5.41) is 21.0. The molecule has 0 spiro atoms. The summed E-state index contributed by atoms with van der Waals surface area (Å²) in [5.74, 6) is 1.21. The third kappa shape index (κ3) is 6.05. The van der Waals surface area contributed by atoms with Gasteiger partial charge < -0.3 is 15.1 Å². The normalized spacial score (nSPS) is 26.6. The molecule has 0 radical (unpaired) electrons. The number of nitrogens with zero attached hydrogens (tertiary/aromatic N) is 1. The van der Waals surface area contributed by atoms with E-state index < -0.39 is 6.10 Å². The lowest BCUT2D eigenvalue weighted by molar-refractivity contribution is -0.128. The fourth-order valence-corrected chi connectivity index (χ4v) is 4.93. The lowest BCUT2D eigenvalue weighted by Gasteiger charge is -2.19. The smallest absolute Gasteiger partial charge is 0.222 e. The molecule has 2 N–H and O–H groups in total.